The Morgan fingerprint density at radius 2 is 1.11 bits per heavy atom. The number of aromatic nitrogens is 2. The van der Waals surface area contributed by atoms with Crippen LogP contribution in [0.1, 0.15) is 90.9 Å². The minimum atomic E-state index is -6.72. The van der Waals surface area contributed by atoms with E-state index in [1.165, 1.54) is 90.1 Å². The summed E-state index contributed by atoms with van der Waals surface area (Å²) in [6.07, 6.45) is 23.3. The van der Waals surface area contributed by atoms with Gasteiger partial charge in [-0.3, -0.25) is 0 Å². The van der Waals surface area contributed by atoms with E-state index in [0.29, 0.717) is 0 Å². The van der Waals surface area contributed by atoms with Gasteiger partial charge in [-0.15, -0.1) is 0 Å². The molecule has 214 valence electrons. The molecule has 0 spiro atoms. The van der Waals surface area contributed by atoms with Crippen molar-refractivity contribution in [3.63, 3.8) is 0 Å². The van der Waals surface area contributed by atoms with Crippen LogP contribution >= 0.6 is 0 Å². The number of imidazole rings is 1. The lowest BCUT2D eigenvalue weighted by Crippen LogP contribution is -2.30. The molecule has 15 heteroatoms. The summed E-state index contributed by atoms with van der Waals surface area (Å²) in [7, 11) is -13.4. The molecule has 0 atom stereocenters. The largest absolute Gasteiger partial charge is 0.480 e. The number of rotatable bonds is 16. The Bertz CT molecular complexity index is 858. The average molecular weight is 574 g/mol. The van der Waals surface area contributed by atoms with Gasteiger partial charge in [-0.05, 0) is 25.7 Å². The van der Waals surface area contributed by atoms with E-state index in [9.17, 15) is 43.2 Å². The van der Waals surface area contributed by atoms with E-state index in [0.717, 1.165) is 4.13 Å². The molecule has 0 aliphatic rings. The number of sulfonamides is 2. The molecule has 0 N–H and O–H groups in total. The van der Waals surface area contributed by atoms with Crippen LogP contribution in [0.2, 0.25) is 0 Å². The molecule has 0 radical (unpaired) electrons. The SMILES string of the molecule is CCCCCCCCn1cc[n+](CCCCCCCC)c1.O=S(=O)([N-]S(=O)(=O)C(F)(F)F)C(F)(F)F. The summed E-state index contributed by atoms with van der Waals surface area (Å²) in [4.78, 5) is 0. The van der Waals surface area contributed by atoms with Gasteiger partial charge in [-0.2, -0.15) is 26.3 Å². The lowest BCUT2D eigenvalue weighted by atomic mass is 10.1. The van der Waals surface area contributed by atoms with Gasteiger partial charge in [-0.25, -0.2) is 26.0 Å². The summed E-state index contributed by atoms with van der Waals surface area (Å²) in [5, 5.41) is 0. The summed E-state index contributed by atoms with van der Waals surface area (Å²) < 4.78 is 114. The molecular weight excluding hydrogens is 536 g/mol. The van der Waals surface area contributed by atoms with Gasteiger partial charge in [0, 0.05) is 0 Å². The molecule has 0 fully saturated rings. The van der Waals surface area contributed by atoms with E-state index in [-0.39, 0.29) is 0 Å². The van der Waals surface area contributed by atoms with Gasteiger partial charge in [0.1, 0.15) is 12.4 Å². The highest BCUT2D eigenvalue weighted by atomic mass is 32.3. The second-order valence-corrected chi connectivity index (χ2v) is 11.8. The smallest absolute Gasteiger partial charge is 0.421 e. The lowest BCUT2D eigenvalue weighted by Gasteiger charge is -2.22. The molecule has 0 amide bonds. The highest BCUT2D eigenvalue weighted by molar-refractivity contribution is 8.13. The van der Waals surface area contributed by atoms with Gasteiger partial charge in [0.15, 0.2) is 20.0 Å². The van der Waals surface area contributed by atoms with Gasteiger partial charge in [0.05, 0.1) is 13.1 Å². The molecule has 0 unspecified atom stereocenters. The van der Waals surface area contributed by atoms with Crippen molar-refractivity contribution in [3.05, 3.63) is 22.8 Å². The highest BCUT2D eigenvalue weighted by Crippen LogP contribution is 2.36. The zero-order valence-corrected chi connectivity index (χ0v) is 22.3. The van der Waals surface area contributed by atoms with Crippen molar-refractivity contribution in [2.24, 2.45) is 0 Å². The van der Waals surface area contributed by atoms with E-state index >= 15 is 0 Å². The van der Waals surface area contributed by atoms with Crippen LogP contribution in [0, 0.1) is 0 Å². The normalized spacial score (nSPS) is 12.9. The number of unbranched alkanes of at least 4 members (excludes halogenated alkanes) is 10. The Hall–Kier alpha value is -1.35. The van der Waals surface area contributed by atoms with Crippen LogP contribution < -0.4 is 4.57 Å². The number of aryl methyl sites for hydroxylation is 2. The zero-order valence-electron chi connectivity index (χ0n) is 20.7. The molecule has 1 aromatic heterocycles. The summed E-state index contributed by atoms with van der Waals surface area (Å²) in [5.41, 5.74) is -12.4. The highest BCUT2D eigenvalue weighted by Gasteiger charge is 2.46. The predicted octanol–water partition coefficient (Wildman–Crippen LogP) is 6.56. The van der Waals surface area contributed by atoms with E-state index in [1.807, 2.05) is 0 Å². The lowest BCUT2D eigenvalue weighted by molar-refractivity contribution is -0.696. The summed E-state index contributed by atoms with van der Waals surface area (Å²) >= 11 is 0. The van der Waals surface area contributed by atoms with E-state index in [4.69, 9.17) is 0 Å². The molecule has 36 heavy (non-hydrogen) atoms. The molecule has 0 saturated carbocycles. The number of alkyl halides is 6. The van der Waals surface area contributed by atoms with Crippen molar-refractivity contribution in [2.75, 3.05) is 0 Å². The summed E-state index contributed by atoms with van der Waals surface area (Å²) in [6, 6.07) is 0. The third kappa shape index (κ3) is 14.4. The van der Waals surface area contributed by atoms with Crippen molar-refractivity contribution in [1.82, 2.24) is 4.57 Å². The summed E-state index contributed by atoms with van der Waals surface area (Å²) in [6.45, 7) is 6.94. The van der Waals surface area contributed by atoms with E-state index < -0.39 is 31.1 Å². The van der Waals surface area contributed by atoms with Crippen molar-refractivity contribution in [2.45, 2.75) is 115 Å². The average Bonchev–Trinajstić information content (AvgIpc) is 3.19. The Kier molecular flexibility index (Phi) is 15.9. The second kappa shape index (κ2) is 16.5. The molecule has 0 aliphatic carbocycles. The van der Waals surface area contributed by atoms with Crippen molar-refractivity contribution >= 4 is 20.0 Å². The molecule has 1 heterocycles. The van der Waals surface area contributed by atoms with Gasteiger partial charge in [0.25, 0.3) is 0 Å². The molecule has 1 rings (SSSR count). The van der Waals surface area contributed by atoms with Crippen LogP contribution in [0.15, 0.2) is 18.7 Å². The minimum Gasteiger partial charge on any atom is -0.421 e. The molecule has 0 aliphatic heterocycles. The standard InChI is InChI=1S/C19H37N2.C2F6NO4S2/c1-3-5-7-9-11-13-15-20-17-18-21(19-20)16-14-12-10-8-6-4-2;3-1(4,5)14(10,11)9-15(12,13)2(6,7)8/h17-19H,3-16H2,1-2H3;/q+1;-1. The number of hydrogen-bond acceptors (Lipinski definition) is 4. The third-order valence-corrected chi connectivity index (χ3v) is 7.81. The fourth-order valence-electron chi connectivity index (χ4n) is 3.07. The van der Waals surface area contributed by atoms with Crippen LogP contribution in [-0.4, -0.2) is 32.4 Å². The topological polar surface area (TPSA) is 91.2 Å². The second-order valence-electron chi connectivity index (χ2n) is 8.34. The molecule has 0 aromatic carbocycles. The van der Waals surface area contributed by atoms with Crippen LogP contribution in [0.4, 0.5) is 26.3 Å². The fraction of sp³-hybridized carbons (Fsp3) is 0.857. The predicted molar refractivity (Wildman–Crippen MR) is 125 cm³/mol. The van der Waals surface area contributed by atoms with E-state index in [2.05, 4.69) is 41.7 Å². The van der Waals surface area contributed by atoms with Crippen LogP contribution in [0.25, 0.3) is 4.13 Å². The Morgan fingerprint density at radius 1 is 0.694 bits per heavy atom. The molecular formula is C21H37F6N3O4S2. The van der Waals surface area contributed by atoms with Gasteiger partial charge >= 0.3 is 11.0 Å². The zero-order chi connectivity index (χ0) is 27.9. The molecule has 1 aromatic rings. The fourth-order valence-corrected chi connectivity index (χ4v) is 4.78. The Labute approximate surface area is 210 Å². The van der Waals surface area contributed by atoms with Crippen LogP contribution in [0.3, 0.4) is 0 Å². The van der Waals surface area contributed by atoms with E-state index in [1.54, 1.807) is 0 Å². The molecule has 0 saturated heterocycles. The maximum Gasteiger partial charge on any atom is 0.480 e. The first kappa shape index (κ1) is 34.6. The quantitative estimate of drug-likeness (QED) is 0.127. The summed E-state index contributed by atoms with van der Waals surface area (Å²) in [5.74, 6) is 0. The maximum atomic E-state index is 11.4. The first-order valence-corrected chi connectivity index (χ1v) is 14.9. The first-order chi connectivity index (χ1) is 16.6. The van der Waals surface area contributed by atoms with Crippen LogP contribution in [-0.2, 0) is 33.1 Å². The van der Waals surface area contributed by atoms with Gasteiger partial charge in [0.2, 0.25) is 6.33 Å². The maximum absolute atomic E-state index is 11.4. The molecule has 0 bridgehead atoms. The molecule has 7 nitrogen and oxygen atoms in total. The number of nitrogens with zero attached hydrogens (tertiary/aromatic N) is 3. The minimum absolute atomic E-state index is 0.778. The monoisotopic (exact) mass is 573 g/mol. The number of hydrogen-bond donors (Lipinski definition) is 0. The van der Waals surface area contributed by atoms with Crippen LogP contribution in [0.5, 0.6) is 0 Å². The van der Waals surface area contributed by atoms with Gasteiger partial charge in [-0.1, -0.05) is 65.2 Å². The van der Waals surface area contributed by atoms with Crippen molar-refractivity contribution in [1.29, 1.82) is 0 Å². The Morgan fingerprint density at radius 3 is 1.56 bits per heavy atom. The van der Waals surface area contributed by atoms with Crippen molar-refractivity contribution in [3.8, 4) is 0 Å². The number of halogens is 6. The van der Waals surface area contributed by atoms with Gasteiger partial charge < -0.3 is 4.13 Å². The third-order valence-electron chi connectivity index (χ3n) is 5.07. The first-order valence-electron chi connectivity index (χ1n) is 12.0. The Balaban J connectivity index is 0.000000723. The van der Waals surface area contributed by atoms with Crippen molar-refractivity contribution < 1.29 is 47.7 Å².